The molecule has 4 N–H and O–H groups in total. The average Bonchev–Trinajstić information content (AvgIpc) is 2.55. The summed E-state index contributed by atoms with van der Waals surface area (Å²) in [6.45, 7) is 7.29. The zero-order valence-electron chi connectivity index (χ0n) is 9.48. The number of hydrogen-bond acceptors (Lipinski definition) is 2. The van der Waals surface area contributed by atoms with Crippen LogP contribution in [0.25, 0.3) is 0 Å². The van der Waals surface area contributed by atoms with E-state index < -0.39 is 0 Å². The van der Waals surface area contributed by atoms with Crippen molar-refractivity contribution in [2.75, 3.05) is 7.05 Å². The van der Waals surface area contributed by atoms with Gasteiger partial charge in [0, 0.05) is 5.54 Å². The smallest absolute Gasteiger partial charge is 0.0232 e. The van der Waals surface area contributed by atoms with Gasteiger partial charge in [-0.3, -0.25) is 0 Å². The molecule has 0 saturated heterocycles. The lowest BCUT2D eigenvalue weighted by atomic mass is 9.64. The van der Waals surface area contributed by atoms with Crippen molar-refractivity contribution >= 4 is 0 Å². The predicted molar refractivity (Wildman–Crippen MR) is 57.1 cm³/mol. The molecule has 2 heteroatoms. The molecule has 13 heavy (non-hydrogen) atoms. The first-order valence-corrected chi connectivity index (χ1v) is 5.21. The first kappa shape index (κ1) is 11.0. The third-order valence-electron chi connectivity index (χ3n) is 5.13. The van der Waals surface area contributed by atoms with Gasteiger partial charge in [-0.05, 0) is 50.5 Å². The van der Waals surface area contributed by atoms with Crippen molar-refractivity contribution in [2.45, 2.75) is 45.6 Å². The van der Waals surface area contributed by atoms with Crippen molar-refractivity contribution in [2.24, 2.45) is 17.3 Å². The molecule has 2 saturated carbocycles. The van der Waals surface area contributed by atoms with Gasteiger partial charge in [0.15, 0.2) is 0 Å². The zero-order valence-corrected chi connectivity index (χ0v) is 9.48. The first-order valence-electron chi connectivity index (χ1n) is 5.21. The Morgan fingerprint density at radius 2 is 1.62 bits per heavy atom. The molecule has 0 heterocycles. The van der Waals surface area contributed by atoms with E-state index in [1.54, 1.807) is 0 Å². The van der Waals surface area contributed by atoms with Crippen molar-refractivity contribution in [1.29, 1.82) is 0 Å². The van der Waals surface area contributed by atoms with Gasteiger partial charge in [0.1, 0.15) is 0 Å². The summed E-state index contributed by atoms with van der Waals surface area (Å²) >= 11 is 0. The van der Waals surface area contributed by atoms with Gasteiger partial charge in [0.25, 0.3) is 0 Å². The van der Waals surface area contributed by atoms with Crippen LogP contribution >= 0.6 is 0 Å². The Hall–Kier alpha value is -0.0800. The summed E-state index contributed by atoms with van der Waals surface area (Å²) < 4.78 is 0. The molecule has 2 bridgehead atoms. The van der Waals surface area contributed by atoms with Crippen LogP contribution in [0.5, 0.6) is 0 Å². The number of rotatable bonds is 1. The quantitative estimate of drug-likeness (QED) is 0.658. The fourth-order valence-corrected chi connectivity index (χ4v) is 3.64. The highest BCUT2D eigenvalue weighted by Crippen LogP contribution is 2.60. The van der Waals surface area contributed by atoms with Crippen molar-refractivity contribution in [3.63, 3.8) is 0 Å². The second kappa shape index (κ2) is 2.96. The topological polar surface area (TPSA) is 47.0 Å². The minimum Gasteiger partial charge on any atom is -0.344 e. The Morgan fingerprint density at radius 3 is 1.92 bits per heavy atom. The van der Waals surface area contributed by atoms with Crippen molar-refractivity contribution < 1.29 is 0 Å². The molecule has 0 aromatic carbocycles. The third kappa shape index (κ3) is 1.08. The van der Waals surface area contributed by atoms with Crippen molar-refractivity contribution in [3.8, 4) is 0 Å². The van der Waals surface area contributed by atoms with E-state index in [0.717, 1.165) is 11.8 Å². The van der Waals surface area contributed by atoms with Crippen LogP contribution in [0.15, 0.2) is 0 Å². The molecule has 2 aliphatic rings. The van der Waals surface area contributed by atoms with Crippen LogP contribution in [0.1, 0.15) is 40.0 Å². The van der Waals surface area contributed by atoms with Crippen LogP contribution in [0.4, 0.5) is 0 Å². The highest BCUT2D eigenvalue weighted by Gasteiger charge is 2.59. The fraction of sp³-hybridized carbons (Fsp3) is 1.00. The van der Waals surface area contributed by atoms with Crippen molar-refractivity contribution in [3.05, 3.63) is 0 Å². The third-order valence-corrected chi connectivity index (χ3v) is 5.13. The zero-order chi connectivity index (χ0) is 8.98. The second-order valence-corrected chi connectivity index (χ2v) is 5.38. The standard InChI is InChI=1S/C11H21N.H3N/c1-10(2)8-5-6-9(7-8)11(10,3)12-4;/h8-9,12H,5-7H2,1-4H3;1H3. The minimum absolute atomic E-state index is 0. The molecular weight excluding hydrogens is 160 g/mol. The Kier molecular flexibility index (Phi) is 2.50. The highest BCUT2D eigenvalue weighted by atomic mass is 15.0. The minimum atomic E-state index is 0. The Balaban J connectivity index is 0.000000845. The molecule has 78 valence electrons. The molecule has 0 radical (unpaired) electrons. The van der Waals surface area contributed by atoms with Crippen LogP contribution in [-0.4, -0.2) is 12.6 Å². The van der Waals surface area contributed by atoms with E-state index in [2.05, 4.69) is 33.1 Å². The van der Waals surface area contributed by atoms with Crippen molar-refractivity contribution in [1.82, 2.24) is 11.5 Å². The van der Waals surface area contributed by atoms with Crippen LogP contribution in [0.3, 0.4) is 0 Å². The lowest BCUT2D eigenvalue weighted by Crippen LogP contribution is -2.55. The largest absolute Gasteiger partial charge is 0.344 e. The van der Waals surface area contributed by atoms with Crippen LogP contribution in [-0.2, 0) is 0 Å². The number of fused-ring (bicyclic) bond motifs is 2. The lowest BCUT2D eigenvalue weighted by Gasteiger charge is -2.47. The lowest BCUT2D eigenvalue weighted by molar-refractivity contribution is 0.0732. The Labute approximate surface area is 82.1 Å². The molecule has 2 aliphatic carbocycles. The molecule has 2 rings (SSSR count). The second-order valence-electron chi connectivity index (χ2n) is 5.38. The monoisotopic (exact) mass is 184 g/mol. The van der Waals surface area contributed by atoms with Gasteiger partial charge in [-0.1, -0.05) is 13.8 Å². The molecule has 3 unspecified atom stereocenters. The van der Waals surface area contributed by atoms with Crippen LogP contribution in [0, 0.1) is 17.3 Å². The number of hydrogen-bond donors (Lipinski definition) is 2. The Bertz CT molecular complexity index is 200. The molecule has 2 fully saturated rings. The summed E-state index contributed by atoms with van der Waals surface area (Å²) in [4.78, 5) is 0. The molecule has 0 aliphatic heterocycles. The van der Waals surface area contributed by atoms with E-state index >= 15 is 0 Å². The Morgan fingerprint density at radius 1 is 1.08 bits per heavy atom. The fourth-order valence-electron chi connectivity index (χ4n) is 3.64. The van der Waals surface area contributed by atoms with Crippen LogP contribution in [0.2, 0.25) is 0 Å². The SMILES string of the molecule is CNC1(C)C2CCC(C2)C1(C)C.N. The van der Waals surface area contributed by atoms with E-state index in [9.17, 15) is 0 Å². The molecule has 0 aromatic heterocycles. The maximum absolute atomic E-state index is 3.56. The normalized spacial score (nSPS) is 46.2. The first-order chi connectivity index (χ1) is 5.52. The van der Waals surface area contributed by atoms with E-state index in [-0.39, 0.29) is 6.15 Å². The summed E-state index contributed by atoms with van der Waals surface area (Å²) in [5.41, 5.74) is 0.903. The maximum atomic E-state index is 3.56. The van der Waals surface area contributed by atoms with Gasteiger partial charge in [-0.25, -0.2) is 0 Å². The van der Waals surface area contributed by atoms with Crippen LogP contribution < -0.4 is 11.5 Å². The van der Waals surface area contributed by atoms with Gasteiger partial charge in [0.05, 0.1) is 0 Å². The summed E-state index contributed by atoms with van der Waals surface area (Å²) in [6.07, 6.45) is 4.38. The van der Waals surface area contributed by atoms with Gasteiger partial charge in [-0.2, -0.15) is 0 Å². The summed E-state index contributed by atoms with van der Waals surface area (Å²) in [7, 11) is 2.13. The summed E-state index contributed by atoms with van der Waals surface area (Å²) in [5, 5.41) is 3.56. The predicted octanol–water partition coefficient (Wildman–Crippen LogP) is 2.58. The summed E-state index contributed by atoms with van der Waals surface area (Å²) in [5.74, 6) is 1.91. The van der Waals surface area contributed by atoms with Gasteiger partial charge in [0.2, 0.25) is 0 Å². The van der Waals surface area contributed by atoms with E-state index in [1.165, 1.54) is 19.3 Å². The molecule has 0 amide bonds. The molecule has 0 aromatic rings. The maximum Gasteiger partial charge on any atom is 0.0232 e. The van der Waals surface area contributed by atoms with Gasteiger partial charge >= 0.3 is 0 Å². The molecule has 0 spiro atoms. The van der Waals surface area contributed by atoms with E-state index in [1.807, 2.05) is 0 Å². The number of nitrogens with one attached hydrogen (secondary N) is 1. The average molecular weight is 184 g/mol. The molecule has 2 nitrogen and oxygen atoms in total. The molecule has 3 atom stereocenters. The summed E-state index contributed by atoms with van der Waals surface area (Å²) in [6, 6.07) is 0. The van der Waals surface area contributed by atoms with Gasteiger partial charge in [-0.15, -0.1) is 0 Å². The van der Waals surface area contributed by atoms with E-state index in [4.69, 9.17) is 0 Å². The molecular formula is C11H24N2. The van der Waals surface area contributed by atoms with E-state index in [0.29, 0.717) is 11.0 Å². The van der Waals surface area contributed by atoms with Gasteiger partial charge < -0.3 is 11.5 Å². The highest BCUT2D eigenvalue weighted by molar-refractivity contribution is 5.13.